The van der Waals surface area contributed by atoms with Gasteiger partial charge in [-0.3, -0.25) is 13.9 Å². The maximum absolute atomic E-state index is 12.5. The zero-order valence-corrected chi connectivity index (χ0v) is 15.9. The number of halogens is 2. The van der Waals surface area contributed by atoms with Crippen molar-refractivity contribution in [2.75, 3.05) is 30.2 Å². The average Bonchev–Trinajstić information content (AvgIpc) is 2.54. The van der Waals surface area contributed by atoms with E-state index < -0.39 is 10.0 Å². The third kappa shape index (κ3) is 4.77. The number of hydrogen-bond donors (Lipinski definition) is 1. The van der Waals surface area contributed by atoms with Crippen molar-refractivity contribution in [3.8, 4) is 0 Å². The third-order valence-corrected chi connectivity index (χ3v) is 6.06. The zero-order valence-electron chi connectivity index (χ0n) is 13.6. The summed E-state index contributed by atoms with van der Waals surface area (Å²) in [7, 11) is -3.75. The summed E-state index contributed by atoms with van der Waals surface area (Å²) in [5, 5.41) is 0.261. The van der Waals surface area contributed by atoms with Crippen LogP contribution in [-0.4, -0.2) is 51.0 Å². The highest BCUT2D eigenvalue weighted by molar-refractivity contribution is 7.92. The lowest BCUT2D eigenvalue weighted by molar-refractivity contribution is -0.133. The monoisotopic (exact) mass is 407 g/mol. The van der Waals surface area contributed by atoms with E-state index in [1.54, 1.807) is 6.07 Å². The van der Waals surface area contributed by atoms with E-state index >= 15 is 0 Å². The van der Waals surface area contributed by atoms with E-state index in [0.29, 0.717) is 25.9 Å². The van der Waals surface area contributed by atoms with Crippen LogP contribution in [0.25, 0.3) is 0 Å². The summed E-state index contributed by atoms with van der Waals surface area (Å²) in [6, 6.07) is 4.58. The number of rotatable bonds is 5. The molecule has 1 aliphatic heterocycles. The molecule has 25 heavy (non-hydrogen) atoms. The highest BCUT2D eigenvalue weighted by atomic mass is 35.5. The smallest absolute Gasteiger partial charge is 0.243 e. The third-order valence-electron chi connectivity index (χ3n) is 4.13. The number of benzene rings is 1. The quantitative estimate of drug-likeness (QED) is 0.798. The van der Waals surface area contributed by atoms with Crippen molar-refractivity contribution in [1.82, 2.24) is 4.90 Å². The maximum Gasteiger partial charge on any atom is 0.243 e. The van der Waals surface area contributed by atoms with Crippen LogP contribution >= 0.6 is 23.2 Å². The highest BCUT2D eigenvalue weighted by Gasteiger charge is 2.29. The molecule has 1 aromatic carbocycles. The maximum atomic E-state index is 12.5. The molecule has 1 saturated heterocycles. The lowest BCUT2D eigenvalue weighted by Gasteiger charge is -2.32. The van der Waals surface area contributed by atoms with Crippen LogP contribution in [-0.2, 0) is 19.6 Å². The Bertz CT molecular complexity index is 777. The first-order valence-electron chi connectivity index (χ1n) is 7.60. The number of amides is 2. The van der Waals surface area contributed by atoms with Gasteiger partial charge in [0.2, 0.25) is 21.8 Å². The van der Waals surface area contributed by atoms with Gasteiger partial charge in [-0.25, -0.2) is 8.42 Å². The van der Waals surface area contributed by atoms with E-state index in [2.05, 4.69) is 0 Å². The lowest BCUT2D eigenvalue weighted by atomic mass is 9.96. The van der Waals surface area contributed by atoms with Crippen molar-refractivity contribution < 1.29 is 18.0 Å². The predicted molar refractivity (Wildman–Crippen MR) is 97.2 cm³/mol. The molecule has 0 spiro atoms. The summed E-state index contributed by atoms with van der Waals surface area (Å²) in [4.78, 5) is 25.3. The molecule has 2 rings (SSSR count). The van der Waals surface area contributed by atoms with E-state index in [-0.39, 0.29) is 40.0 Å². The van der Waals surface area contributed by atoms with Gasteiger partial charge in [0.1, 0.15) is 6.54 Å². The number of primary amides is 1. The highest BCUT2D eigenvalue weighted by Crippen LogP contribution is 2.33. The van der Waals surface area contributed by atoms with Gasteiger partial charge in [0.05, 0.1) is 22.0 Å². The summed E-state index contributed by atoms with van der Waals surface area (Å²) in [5.41, 5.74) is 5.43. The van der Waals surface area contributed by atoms with Crippen molar-refractivity contribution in [1.29, 1.82) is 0 Å². The molecule has 0 aliphatic carbocycles. The number of carbonyl (C=O) groups is 2. The molecule has 1 fully saturated rings. The Kier molecular flexibility index (Phi) is 6.18. The summed E-state index contributed by atoms with van der Waals surface area (Å²) in [6.07, 6.45) is 1.94. The molecule has 0 radical (unpaired) electrons. The van der Waals surface area contributed by atoms with E-state index in [1.165, 1.54) is 17.0 Å². The second-order valence-corrected chi connectivity index (χ2v) is 8.59. The predicted octanol–water partition coefficient (Wildman–Crippen LogP) is 1.48. The van der Waals surface area contributed by atoms with E-state index in [0.717, 1.165) is 10.6 Å². The van der Waals surface area contributed by atoms with Gasteiger partial charge in [0, 0.05) is 19.0 Å². The molecule has 0 atom stereocenters. The molecule has 2 N–H and O–H groups in total. The van der Waals surface area contributed by atoms with Crippen LogP contribution in [0, 0.1) is 5.92 Å². The average molecular weight is 408 g/mol. The van der Waals surface area contributed by atoms with E-state index in [4.69, 9.17) is 28.9 Å². The molecule has 0 unspecified atom stereocenters. The largest absolute Gasteiger partial charge is 0.369 e. The van der Waals surface area contributed by atoms with Gasteiger partial charge in [-0.05, 0) is 25.0 Å². The summed E-state index contributed by atoms with van der Waals surface area (Å²) in [5.74, 6) is -1.00. The molecular formula is C15H19Cl2N3O4S. The second kappa shape index (κ2) is 7.80. The van der Waals surface area contributed by atoms with Crippen LogP contribution in [0.1, 0.15) is 12.8 Å². The molecule has 1 aromatic rings. The number of nitrogens with two attached hydrogens (primary N) is 1. The molecule has 10 heteroatoms. The van der Waals surface area contributed by atoms with Gasteiger partial charge in [0.25, 0.3) is 0 Å². The fraction of sp³-hybridized carbons (Fsp3) is 0.467. The number of nitrogens with zero attached hydrogens (tertiary/aromatic N) is 2. The summed E-state index contributed by atoms with van der Waals surface area (Å²) >= 11 is 12.0. The summed E-state index contributed by atoms with van der Waals surface area (Å²) < 4.78 is 25.2. The van der Waals surface area contributed by atoms with Crippen LogP contribution in [0.15, 0.2) is 18.2 Å². The Balaban J connectivity index is 2.17. The van der Waals surface area contributed by atoms with Gasteiger partial charge >= 0.3 is 0 Å². The lowest BCUT2D eigenvalue weighted by Crippen LogP contribution is -2.47. The molecule has 0 saturated carbocycles. The molecule has 138 valence electrons. The number of likely N-dealkylation sites (tertiary alicyclic amines) is 1. The van der Waals surface area contributed by atoms with E-state index in [9.17, 15) is 18.0 Å². The first-order valence-corrected chi connectivity index (χ1v) is 10.2. The van der Waals surface area contributed by atoms with Crippen LogP contribution < -0.4 is 10.0 Å². The van der Waals surface area contributed by atoms with Crippen molar-refractivity contribution in [3.05, 3.63) is 28.2 Å². The SMILES string of the molecule is CS(=O)(=O)N(CC(=O)N1CCC(C(N)=O)CC1)c1cccc(Cl)c1Cl. The Morgan fingerprint density at radius 2 is 1.88 bits per heavy atom. The molecule has 7 nitrogen and oxygen atoms in total. The Hall–Kier alpha value is -1.51. The van der Waals surface area contributed by atoms with Crippen molar-refractivity contribution in [2.45, 2.75) is 12.8 Å². The fourth-order valence-electron chi connectivity index (χ4n) is 2.70. The minimum absolute atomic E-state index is 0.0647. The molecule has 2 amide bonds. The first kappa shape index (κ1) is 19.8. The minimum atomic E-state index is -3.75. The van der Waals surface area contributed by atoms with Crippen molar-refractivity contribution in [2.24, 2.45) is 11.7 Å². The van der Waals surface area contributed by atoms with Gasteiger partial charge in [-0.2, -0.15) is 0 Å². The van der Waals surface area contributed by atoms with Crippen molar-refractivity contribution in [3.63, 3.8) is 0 Å². The topological polar surface area (TPSA) is 101 Å². The number of hydrogen-bond acceptors (Lipinski definition) is 4. The zero-order chi connectivity index (χ0) is 18.8. The summed E-state index contributed by atoms with van der Waals surface area (Å²) in [6.45, 7) is 0.320. The number of carbonyl (C=O) groups excluding carboxylic acids is 2. The normalized spacial score (nSPS) is 15.9. The standard InChI is InChI=1S/C15H19Cl2N3O4S/c1-25(23,24)20(12-4-2-3-11(16)14(12)17)9-13(21)19-7-5-10(6-8-19)15(18)22/h2-4,10H,5-9H2,1H3,(H2,18,22). The number of piperidine rings is 1. The van der Waals surface area contributed by atoms with Crippen LogP contribution in [0.5, 0.6) is 0 Å². The van der Waals surface area contributed by atoms with Gasteiger partial charge < -0.3 is 10.6 Å². The Morgan fingerprint density at radius 1 is 1.28 bits per heavy atom. The van der Waals surface area contributed by atoms with Crippen LogP contribution in [0.3, 0.4) is 0 Å². The molecular weight excluding hydrogens is 389 g/mol. The van der Waals surface area contributed by atoms with Gasteiger partial charge in [-0.15, -0.1) is 0 Å². The number of sulfonamides is 1. The number of anilines is 1. The minimum Gasteiger partial charge on any atom is -0.369 e. The molecule has 0 bridgehead atoms. The van der Waals surface area contributed by atoms with Crippen LogP contribution in [0.2, 0.25) is 10.0 Å². The molecule has 1 heterocycles. The molecule has 1 aliphatic rings. The molecule has 0 aromatic heterocycles. The van der Waals surface area contributed by atoms with Crippen LogP contribution in [0.4, 0.5) is 5.69 Å². The Labute approximate surface area is 156 Å². The second-order valence-electron chi connectivity index (χ2n) is 5.90. The van der Waals surface area contributed by atoms with E-state index in [1.807, 2.05) is 0 Å². The van der Waals surface area contributed by atoms with Gasteiger partial charge in [-0.1, -0.05) is 29.3 Å². The Morgan fingerprint density at radius 3 is 2.40 bits per heavy atom. The fourth-order valence-corrected chi connectivity index (χ4v) is 4.00. The first-order chi connectivity index (χ1) is 11.6. The van der Waals surface area contributed by atoms with Crippen molar-refractivity contribution >= 4 is 50.7 Å². The van der Waals surface area contributed by atoms with Gasteiger partial charge in [0.15, 0.2) is 0 Å².